The third kappa shape index (κ3) is 6.16. The number of anilines is 1. The summed E-state index contributed by atoms with van der Waals surface area (Å²) in [4.78, 5) is 31.8. The molecule has 0 aliphatic rings. The molecule has 0 radical (unpaired) electrons. The third-order valence-corrected chi connectivity index (χ3v) is 5.51. The quantitative estimate of drug-likeness (QED) is 0.309. The Labute approximate surface area is 215 Å². The van der Waals surface area contributed by atoms with E-state index in [1.807, 2.05) is 50.2 Å². The maximum absolute atomic E-state index is 13.3. The van der Waals surface area contributed by atoms with Crippen LogP contribution in [-0.2, 0) is 4.79 Å². The highest BCUT2D eigenvalue weighted by Crippen LogP contribution is 2.31. The summed E-state index contributed by atoms with van der Waals surface area (Å²) >= 11 is 0. The van der Waals surface area contributed by atoms with E-state index in [0.717, 1.165) is 5.56 Å². The fraction of sp³-hybridized carbons (Fsp3) is 0.207. The van der Waals surface area contributed by atoms with Crippen molar-refractivity contribution in [3.05, 3.63) is 84.6 Å². The normalized spacial score (nSPS) is 10.6. The summed E-state index contributed by atoms with van der Waals surface area (Å²) in [6.45, 7) is 4.58. The highest BCUT2D eigenvalue weighted by Gasteiger charge is 2.21. The molecule has 37 heavy (non-hydrogen) atoms. The Bertz CT molecular complexity index is 1370. The van der Waals surface area contributed by atoms with Gasteiger partial charge >= 0.3 is 0 Å². The maximum atomic E-state index is 13.3. The molecular weight excluding hydrogens is 470 g/mol. The van der Waals surface area contributed by atoms with Crippen molar-refractivity contribution >= 4 is 17.5 Å². The van der Waals surface area contributed by atoms with Crippen LogP contribution in [0, 0.1) is 0 Å². The summed E-state index contributed by atoms with van der Waals surface area (Å²) in [7, 11) is 1.58. The molecule has 0 atom stereocenters. The molecule has 4 aromatic rings. The first-order chi connectivity index (χ1) is 18.0. The van der Waals surface area contributed by atoms with Gasteiger partial charge in [0.2, 0.25) is 11.8 Å². The summed E-state index contributed by atoms with van der Waals surface area (Å²) in [5.41, 5.74) is 2.38. The standard InChI is InChI=1S/C29H29N3O5/c1-4-35-24-16-15-21(17-25(24)36-5-2)31-27(33)19-32(3)29(34)23-14-10-9-13-22(23)28-30-18-26(37-28)20-11-7-6-8-12-20/h6-18H,4-5,19H2,1-3H3,(H,31,33). The number of rotatable bonds is 10. The number of amides is 2. The molecule has 4 rings (SSSR count). The minimum atomic E-state index is -0.345. The Morgan fingerprint density at radius 3 is 2.38 bits per heavy atom. The zero-order valence-electron chi connectivity index (χ0n) is 21.1. The van der Waals surface area contributed by atoms with Crippen LogP contribution in [0.15, 0.2) is 83.4 Å². The van der Waals surface area contributed by atoms with Gasteiger partial charge < -0.3 is 24.1 Å². The van der Waals surface area contributed by atoms with Crippen molar-refractivity contribution in [2.45, 2.75) is 13.8 Å². The Morgan fingerprint density at radius 2 is 1.62 bits per heavy atom. The lowest BCUT2D eigenvalue weighted by atomic mass is 10.1. The van der Waals surface area contributed by atoms with Crippen molar-refractivity contribution in [2.24, 2.45) is 0 Å². The van der Waals surface area contributed by atoms with Crippen LogP contribution in [0.3, 0.4) is 0 Å². The Balaban J connectivity index is 1.47. The number of likely N-dealkylation sites (N-methyl/N-ethyl adjacent to an activating group) is 1. The number of benzene rings is 3. The molecule has 0 fully saturated rings. The second-order valence-corrected chi connectivity index (χ2v) is 8.18. The van der Waals surface area contributed by atoms with E-state index < -0.39 is 0 Å². The molecule has 0 unspecified atom stereocenters. The minimum absolute atomic E-state index is 0.148. The lowest BCUT2D eigenvalue weighted by Crippen LogP contribution is -2.35. The molecule has 8 heteroatoms. The number of carbonyl (C=O) groups excluding carboxylic acids is 2. The molecule has 0 bridgehead atoms. The molecule has 3 aromatic carbocycles. The van der Waals surface area contributed by atoms with Crippen LogP contribution in [0.5, 0.6) is 11.5 Å². The van der Waals surface area contributed by atoms with Crippen LogP contribution in [0.4, 0.5) is 5.69 Å². The van der Waals surface area contributed by atoms with E-state index in [1.54, 1.807) is 49.6 Å². The molecule has 0 aliphatic carbocycles. The van der Waals surface area contributed by atoms with Crippen molar-refractivity contribution in [2.75, 3.05) is 32.1 Å². The van der Waals surface area contributed by atoms with Crippen LogP contribution >= 0.6 is 0 Å². The van der Waals surface area contributed by atoms with E-state index >= 15 is 0 Å². The van der Waals surface area contributed by atoms with Gasteiger partial charge in [0.25, 0.3) is 5.91 Å². The predicted molar refractivity (Wildman–Crippen MR) is 142 cm³/mol. The molecule has 2 amide bonds. The third-order valence-electron chi connectivity index (χ3n) is 5.51. The van der Waals surface area contributed by atoms with Crippen molar-refractivity contribution in [1.29, 1.82) is 0 Å². The zero-order valence-corrected chi connectivity index (χ0v) is 21.1. The predicted octanol–water partition coefficient (Wildman–Crippen LogP) is 5.52. The summed E-state index contributed by atoms with van der Waals surface area (Å²) < 4.78 is 17.1. The van der Waals surface area contributed by atoms with Gasteiger partial charge in [-0.15, -0.1) is 0 Å². The molecular formula is C29H29N3O5. The van der Waals surface area contributed by atoms with Crippen molar-refractivity contribution in [1.82, 2.24) is 9.88 Å². The smallest absolute Gasteiger partial charge is 0.254 e. The van der Waals surface area contributed by atoms with E-state index in [2.05, 4.69) is 10.3 Å². The topological polar surface area (TPSA) is 93.9 Å². The number of nitrogens with zero attached hydrogens (tertiary/aromatic N) is 2. The largest absolute Gasteiger partial charge is 0.490 e. The fourth-order valence-corrected chi connectivity index (χ4v) is 3.81. The molecule has 1 aromatic heterocycles. The van der Waals surface area contributed by atoms with Gasteiger partial charge in [-0.05, 0) is 38.1 Å². The first-order valence-corrected chi connectivity index (χ1v) is 12.1. The molecule has 0 saturated carbocycles. The van der Waals surface area contributed by atoms with Gasteiger partial charge in [-0.1, -0.05) is 42.5 Å². The lowest BCUT2D eigenvalue weighted by Gasteiger charge is -2.18. The summed E-state index contributed by atoms with van der Waals surface area (Å²) in [6, 6.07) is 21.8. The van der Waals surface area contributed by atoms with Gasteiger partial charge in [-0.2, -0.15) is 0 Å². The van der Waals surface area contributed by atoms with Gasteiger partial charge in [-0.25, -0.2) is 4.98 Å². The van der Waals surface area contributed by atoms with Crippen molar-refractivity contribution in [3.63, 3.8) is 0 Å². The number of ether oxygens (including phenoxy) is 2. The number of oxazole rings is 1. The molecule has 0 saturated heterocycles. The summed E-state index contributed by atoms with van der Waals surface area (Å²) in [6.07, 6.45) is 1.64. The number of hydrogen-bond acceptors (Lipinski definition) is 6. The average Bonchev–Trinajstić information content (AvgIpc) is 3.41. The molecule has 190 valence electrons. The van der Waals surface area contributed by atoms with Crippen LogP contribution in [0.2, 0.25) is 0 Å². The molecule has 1 N–H and O–H groups in total. The van der Waals surface area contributed by atoms with E-state index in [0.29, 0.717) is 53.2 Å². The second kappa shape index (κ2) is 11.9. The van der Waals surface area contributed by atoms with Crippen molar-refractivity contribution < 1.29 is 23.5 Å². The van der Waals surface area contributed by atoms with E-state index in [-0.39, 0.29) is 18.4 Å². The van der Waals surface area contributed by atoms with Crippen LogP contribution in [-0.4, -0.2) is 48.5 Å². The number of nitrogens with one attached hydrogen (secondary N) is 1. The fourth-order valence-electron chi connectivity index (χ4n) is 3.81. The monoisotopic (exact) mass is 499 g/mol. The first kappa shape index (κ1) is 25.5. The lowest BCUT2D eigenvalue weighted by molar-refractivity contribution is -0.116. The molecule has 1 heterocycles. The van der Waals surface area contributed by atoms with Crippen LogP contribution in [0.25, 0.3) is 22.8 Å². The zero-order chi connectivity index (χ0) is 26.2. The van der Waals surface area contributed by atoms with E-state index in [9.17, 15) is 9.59 Å². The van der Waals surface area contributed by atoms with Gasteiger partial charge in [0.1, 0.15) is 0 Å². The Hall–Kier alpha value is -4.59. The van der Waals surface area contributed by atoms with Gasteiger partial charge in [0.15, 0.2) is 17.3 Å². The van der Waals surface area contributed by atoms with Gasteiger partial charge in [-0.3, -0.25) is 9.59 Å². The van der Waals surface area contributed by atoms with Crippen LogP contribution < -0.4 is 14.8 Å². The number of hydrogen-bond donors (Lipinski definition) is 1. The average molecular weight is 500 g/mol. The van der Waals surface area contributed by atoms with Crippen LogP contribution in [0.1, 0.15) is 24.2 Å². The second-order valence-electron chi connectivity index (χ2n) is 8.18. The highest BCUT2D eigenvalue weighted by molar-refractivity contribution is 6.02. The maximum Gasteiger partial charge on any atom is 0.254 e. The van der Waals surface area contributed by atoms with Gasteiger partial charge in [0.05, 0.1) is 31.5 Å². The highest BCUT2D eigenvalue weighted by atomic mass is 16.5. The van der Waals surface area contributed by atoms with E-state index in [1.165, 1.54) is 4.90 Å². The molecule has 0 spiro atoms. The van der Waals surface area contributed by atoms with Gasteiger partial charge in [0, 0.05) is 29.9 Å². The van der Waals surface area contributed by atoms with E-state index in [4.69, 9.17) is 13.9 Å². The number of aromatic nitrogens is 1. The first-order valence-electron chi connectivity index (χ1n) is 12.1. The summed E-state index contributed by atoms with van der Waals surface area (Å²) in [5, 5.41) is 2.82. The molecule has 0 aliphatic heterocycles. The summed E-state index contributed by atoms with van der Waals surface area (Å²) in [5.74, 6) is 1.41. The molecule has 8 nitrogen and oxygen atoms in total. The van der Waals surface area contributed by atoms with Crippen molar-refractivity contribution in [3.8, 4) is 34.3 Å². The minimum Gasteiger partial charge on any atom is -0.490 e. The number of carbonyl (C=O) groups is 2. The Kier molecular flexibility index (Phi) is 8.20. The Morgan fingerprint density at radius 1 is 0.919 bits per heavy atom. The SMILES string of the molecule is CCOc1ccc(NC(=O)CN(C)C(=O)c2ccccc2-c2ncc(-c3ccccc3)o2)cc1OCC.